The van der Waals surface area contributed by atoms with Crippen molar-refractivity contribution in [3.8, 4) is 0 Å². The van der Waals surface area contributed by atoms with E-state index in [0.717, 1.165) is 22.6 Å². The minimum Gasteiger partial charge on any atom is -0.340 e. The van der Waals surface area contributed by atoms with Gasteiger partial charge in [-0.15, -0.1) is 0 Å². The van der Waals surface area contributed by atoms with Gasteiger partial charge in [-0.1, -0.05) is 18.2 Å². The number of hydrogen-bond donors (Lipinski definition) is 2. The number of pyridine rings is 1. The molecular formula is C22H23N3O. The topological polar surface area (TPSA) is 54.0 Å². The number of amides is 1. The molecule has 1 heterocycles. The van der Waals surface area contributed by atoms with Gasteiger partial charge >= 0.3 is 0 Å². The van der Waals surface area contributed by atoms with Crippen LogP contribution < -0.4 is 10.6 Å². The van der Waals surface area contributed by atoms with Crippen LogP contribution in [0.3, 0.4) is 0 Å². The lowest BCUT2D eigenvalue weighted by molar-refractivity contribution is 0.102. The average molecular weight is 345 g/mol. The van der Waals surface area contributed by atoms with Crippen molar-refractivity contribution in [3.05, 3.63) is 82.5 Å². The van der Waals surface area contributed by atoms with Crippen LogP contribution in [0.1, 0.15) is 32.6 Å². The summed E-state index contributed by atoms with van der Waals surface area (Å²) in [5.74, 6) is 0.605. The molecule has 132 valence electrons. The Balaban J connectivity index is 1.70. The third-order valence-electron chi connectivity index (χ3n) is 4.45. The van der Waals surface area contributed by atoms with E-state index in [0.29, 0.717) is 11.3 Å². The summed E-state index contributed by atoms with van der Waals surface area (Å²) in [6, 6.07) is 15.6. The lowest BCUT2D eigenvalue weighted by atomic mass is 10.1. The third kappa shape index (κ3) is 4.09. The predicted octanol–water partition coefficient (Wildman–Crippen LogP) is 5.31. The largest absolute Gasteiger partial charge is 0.340 e. The van der Waals surface area contributed by atoms with Crippen molar-refractivity contribution < 1.29 is 4.79 Å². The molecule has 3 aromatic rings. The van der Waals surface area contributed by atoms with Crippen molar-refractivity contribution in [2.75, 3.05) is 10.6 Å². The van der Waals surface area contributed by atoms with E-state index in [9.17, 15) is 4.79 Å². The summed E-state index contributed by atoms with van der Waals surface area (Å²) in [5, 5.41) is 6.20. The van der Waals surface area contributed by atoms with Gasteiger partial charge in [0.25, 0.3) is 5.91 Å². The Morgan fingerprint density at radius 3 is 2.31 bits per heavy atom. The van der Waals surface area contributed by atoms with E-state index >= 15 is 0 Å². The number of hydrogen-bond acceptors (Lipinski definition) is 3. The van der Waals surface area contributed by atoms with Crippen molar-refractivity contribution in [2.45, 2.75) is 27.7 Å². The minimum absolute atomic E-state index is 0.134. The molecule has 0 radical (unpaired) electrons. The molecular weight excluding hydrogens is 322 g/mol. The van der Waals surface area contributed by atoms with Crippen LogP contribution in [0.5, 0.6) is 0 Å². The van der Waals surface area contributed by atoms with Gasteiger partial charge in [-0.05, 0) is 80.3 Å². The molecule has 0 atom stereocenters. The first-order valence-corrected chi connectivity index (χ1v) is 8.61. The molecule has 3 rings (SSSR count). The van der Waals surface area contributed by atoms with Crippen molar-refractivity contribution in [2.24, 2.45) is 0 Å². The molecule has 4 nitrogen and oxygen atoms in total. The highest BCUT2D eigenvalue weighted by molar-refractivity contribution is 6.04. The van der Waals surface area contributed by atoms with Gasteiger partial charge in [-0.2, -0.15) is 0 Å². The zero-order valence-corrected chi connectivity index (χ0v) is 15.6. The quantitative estimate of drug-likeness (QED) is 0.673. The number of nitrogens with one attached hydrogen (secondary N) is 2. The maximum atomic E-state index is 12.4. The number of aryl methyl sites for hydroxylation is 4. The van der Waals surface area contributed by atoms with E-state index in [4.69, 9.17) is 0 Å². The number of carbonyl (C=O) groups excluding carboxylic acids is 1. The normalized spacial score (nSPS) is 10.5. The molecule has 1 aromatic heterocycles. The van der Waals surface area contributed by atoms with E-state index in [1.54, 1.807) is 6.20 Å². The fraction of sp³-hybridized carbons (Fsp3) is 0.182. The maximum absolute atomic E-state index is 12.4. The van der Waals surface area contributed by atoms with Crippen LogP contribution in [-0.4, -0.2) is 10.9 Å². The molecule has 0 fully saturated rings. The second-order valence-electron chi connectivity index (χ2n) is 6.63. The molecule has 2 N–H and O–H groups in total. The number of aromatic nitrogens is 1. The Kier molecular flexibility index (Phi) is 5.03. The lowest BCUT2D eigenvalue weighted by Gasteiger charge is -2.11. The van der Waals surface area contributed by atoms with Gasteiger partial charge < -0.3 is 10.6 Å². The molecule has 4 heteroatoms. The summed E-state index contributed by atoms with van der Waals surface area (Å²) in [4.78, 5) is 16.8. The third-order valence-corrected chi connectivity index (χ3v) is 4.45. The van der Waals surface area contributed by atoms with E-state index in [1.807, 2.05) is 44.2 Å². The molecule has 0 aliphatic heterocycles. The van der Waals surface area contributed by atoms with Crippen LogP contribution in [0.2, 0.25) is 0 Å². The van der Waals surface area contributed by atoms with Gasteiger partial charge in [0.1, 0.15) is 5.82 Å². The molecule has 26 heavy (non-hydrogen) atoms. The monoisotopic (exact) mass is 345 g/mol. The summed E-state index contributed by atoms with van der Waals surface area (Å²) >= 11 is 0. The Morgan fingerprint density at radius 2 is 1.62 bits per heavy atom. The van der Waals surface area contributed by atoms with Crippen molar-refractivity contribution in [1.82, 2.24) is 4.98 Å². The molecule has 2 aromatic carbocycles. The molecule has 0 spiro atoms. The first-order valence-electron chi connectivity index (χ1n) is 8.61. The fourth-order valence-corrected chi connectivity index (χ4v) is 2.64. The number of nitrogens with zero attached hydrogens (tertiary/aromatic N) is 1. The Morgan fingerprint density at radius 1 is 0.846 bits per heavy atom. The molecule has 0 saturated heterocycles. The van der Waals surface area contributed by atoms with Crippen molar-refractivity contribution in [3.63, 3.8) is 0 Å². The highest BCUT2D eigenvalue weighted by atomic mass is 16.1. The smallest absolute Gasteiger partial charge is 0.255 e. The molecule has 0 saturated carbocycles. The van der Waals surface area contributed by atoms with Crippen LogP contribution in [0.25, 0.3) is 0 Å². The van der Waals surface area contributed by atoms with Crippen LogP contribution in [-0.2, 0) is 0 Å². The Bertz CT molecular complexity index is 946. The Hall–Kier alpha value is -3.14. The first-order chi connectivity index (χ1) is 12.4. The summed E-state index contributed by atoms with van der Waals surface area (Å²) in [5.41, 5.74) is 6.96. The summed E-state index contributed by atoms with van der Waals surface area (Å²) in [6.07, 6.45) is 1.66. The highest BCUT2D eigenvalue weighted by Gasteiger charge is 2.08. The minimum atomic E-state index is -0.134. The predicted molar refractivity (Wildman–Crippen MR) is 107 cm³/mol. The second-order valence-corrected chi connectivity index (χ2v) is 6.63. The summed E-state index contributed by atoms with van der Waals surface area (Å²) in [6.45, 7) is 8.15. The number of benzene rings is 2. The highest BCUT2D eigenvalue weighted by Crippen LogP contribution is 2.21. The van der Waals surface area contributed by atoms with E-state index in [1.165, 1.54) is 11.1 Å². The van der Waals surface area contributed by atoms with Crippen LogP contribution in [0.15, 0.2) is 54.7 Å². The first kappa shape index (κ1) is 17.7. The standard InChI is InChI=1S/C22H23N3O/c1-14-5-6-16(3)20(11-14)25-21-10-9-19(13-23-21)24-22(26)18-8-7-15(2)17(4)12-18/h5-13H,1-4H3,(H,23,25)(H,24,26). The van der Waals surface area contributed by atoms with Gasteiger partial charge in [0.05, 0.1) is 11.9 Å². The van der Waals surface area contributed by atoms with Gasteiger partial charge in [-0.25, -0.2) is 4.98 Å². The summed E-state index contributed by atoms with van der Waals surface area (Å²) in [7, 11) is 0. The van der Waals surface area contributed by atoms with E-state index < -0.39 is 0 Å². The van der Waals surface area contributed by atoms with Gasteiger partial charge in [-0.3, -0.25) is 4.79 Å². The summed E-state index contributed by atoms with van der Waals surface area (Å²) < 4.78 is 0. The number of carbonyl (C=O) groups is 1. The molecule has 0 unspecified atom stereocenters. The molecule has 0 aliphatic rings. The van der Waals surface area contributed by atoms with Crippen LogP contribution >= 0.6 is 0 Å². The zero-order valence-electron chi connectivity index (χ0n) is 15.6. The van der Waals surface area contributed by atoms with Crippen molar-refractivity contribution >= 4 is 23.1 Å². The number of rotatable bonds is 4. The van der Waals surface area contributed by atoms with Gasteiger partial charge in [0.15, 0.2) is 0 Å². The second kappa shape index (κ2) is 7.40. The SMILES string of the molecule is Cc1ccc(C)c(Nc2ccc(NC(=O)c3ccc(C)c(C)c3)cn2)c1. The zero-order chi connectivity index (χ0) is 18.7. The van der Waals surface area contributed by atoms with Gasteiger partial charge in [0, 0.05) is 11.3 Å². The van der Waals surface area contributed by atoms with Crippen LogP contribution in [0, 0.1) is 27.7 Å². The van der Waals surface area contributed by atoms with Gasteiger partial charge in [0.2, 0.25) is 0 Å². The molecule has 0 bridgehead atoms. The number of anilines is 3. The van der Waals surface area contributed by atoms with Crippen LogP contribution in [0.4, 0.5) is 17.2 Å². The maximum Gasteiger partial charge on any atom is 0.255 e. The van der Waals surface area contributed by atoms with Crippen molar-refractivity contribution in [1.29, 1.82) is 0 Å². The Labute approximate surface area is 154 Å². The average Bonchev–Trinajstić information content (AvgIpc) is 2.62. The van der Waals surface area contributed by atoms with E-state index in [-0.39, 0.29) is 5.91 Å². The molecule has 0 aliphatic carbocycles. The van der Waals surface area contributed by atoms with E-state index in [2.05, 4.69) is 47.7 Å². The molecule has 1 amide bonds. The lowest BCUT2D eigenvalue weighted by Crippen LogP contribution is -2.12. The fourth-order valence-electron chi connectivity index (χ4n) is 2.64.